The highest BCUT2D eigenvalue weighted by Crippen LogP contribution is 2.43. The molecule has 5 atom stereocenters. The van der Waals surface area contributed by atoms with Gasteiger partial charge < -0.3 is 4.74 Å². The Labute approximate surface area is 210 Å². The van der Waals surface area contributed by atoms with Crippen molar-refractivity contribution < 1.29 is 23.2 Å². The molecule has 0 spiro atoms. The average molecular weight is 501 g/mol. The number of rotatable bonds is 8. The molecule has 1 aliphatic heterocycles. The first-order valence-electron chi connectivity index (χ1n) is 12.9. The number of hydrogen-bond acceptors (Lipinski definition) is 5. The number of carbonyl (C=O) groups excluding carboxylic acids is 1. The Bertz CT molecular complexity index is 1030. The molecule has 3 unspecified atom stereocenters. The van der Waals surface area contributed by atoms with E-state index in [0.717, 1.165) is 31.2 Å². The summed E-state index contributed by atoms with van der Waals surface area (Å²) in [6, 6.07) is 12.4. The van der Waals surface area contributed by atoms with Gasteiger partial charge in [0.05, 0.1) is 18.4 Å². The van der Waals surface area contributed by atoms with Gasteiger partial charge in [0.2, 0.25) is 6.54 Å². The average Bonchev–Trinajstić information content (AvgIpc) is 2.88. The molecule has 1 saturated heterocycles. The van der Waals surface area contributed by atoms with Crippen LogP contribution >= 0.6 is 0 Å². The summed E-state index contributed by atoms with van der Waals surface area (Å²) >= 11 is 0. The Morgan fingerprint density at radius 1 is 1.06 bits per heavy atom. The van der Waals surface area contributed by atoms with Gasteiger partial charge in [-0.3, -0.25) is 19.8 Å². The molecular weight excluding hydrogens is 466 g/mol. The van der Waals surface area contributed by atoms with Gasteiger partial charge in [-0.15, -0.1) is 0 Å². The first kappa shape index (κ1) is 26.2. The number of piperidine rings is 1. The third-order valence-electron chi connectivity index (χ3n) is 7.87. The molecule has 36 heavy (non-hydrogen) atoms. The number of nitrogens with zero attached hydrogens (tertiary/aromatic N) is 2. The first-order chi connectivity index (χ1) is 17.4. The highest BCUT2D eigenvalue weighted by Gasteiger charge is 2.44. The van der Waals surface area contributed by atoms with E-state index in [1.807, 2.05) is 12.1 Å². The lowest BCUT2D eigenvalue weighted by atomic mass is 9.74. The summed E-state index contributed by atoms with van der Waals surface area (Å²) in [5, 5.41) is 11.8. The minimum absolute atomic E-state index is 0.118. The molecule has 1 heterocycles. The summed E-state index contributed by atoms with van der Waals surface area (Å²) in [7, 11) is 0. The Hall–Kier alpha value is -2.87. The van der Waals surface area contributed by atoms with E-state index >= 15 is 0 Å². The summed E-state index contributed by atoms with van der Waals surface area (Å²) in [5.74, 6) is -1.61. The minimum Gasteiger partial charge on any atom is -0.466 e. The molecule has 2 aromatic carbocycles. The van der Waals surface area contributed by atoms with Crippen molar-refractivity contribution in [2.24, 2.45) is 5.92 Å². The van der Waals surface area contributed by atoms with Gasteiger partial charge in [-0.05, 0) is 80.5 Å². The lowest BCUT2D eigenvalue weighted by Crippen LogP contribution is -2.55. The summed E-state index contributed by atoms with van der Waals surface area (Å²) < 4.78 is 32.7. The van der Waals surface area contributed by atoms with Crippen molar-refractivity contribution in [2.75, 3.05) is 19.7 Å². The van der Waals surface area contributed by atoms with Crippen LogP contribution in [0, 0.1) is 27.7 Å². The maximum absolute atomic E-state index is 13.7. The van der Waals surface area contributed by atoms with Crippen molar-refractivity contribution in [3.63, 3.8) is 0 Å². The van der Waals surface area contributed by atoms with Gasteiger partial charge in [0.25, 0.3) is 0 Å². The first-order valence-corrected chi connectivity index (χ1v) is 12.9. The van der Waals surface area contributed by atoms with Gasteiger partial charge in [-0.25, -0.2) is 8.78 Å². The molecule has 1 saturated carbocycles. The van der Waals surface area contributed by atoms with Crippen LogP contribution in [0.15, 0.2) is 48.5 Å². The van der Waals surface area contributed by atoms with Crippen molar-refractivity contribution in [2.45, 2.75) is 69.4 Å². The van der Waals surface area contributed by atoms with Crippen LogP contribution in [0.25, 0.3) is 0 Å². The molecule has 0 amide bonds. The second-order valence-corrected chi connectivity index (χ2v) is 9.96. The third kappa shape index (κ3) is 6.09. The van der Waals surface area contributed by atoms with Crippen LogP contribution in [0.1, 0.15) is 68.4 Å². The number of esters is 1. The molecule has 1 aliphatic carbocycles. The number of ether oxygens (including phenoxy) is 1. The molecule has 2 aromatic rings. The maximum Gasteiger partial charge on any atom is 0.309 e. The summed E-state index contributed by atoms with van der Waals surface area (Å²) in [6.07, 6.45) is 5.06. The van der Waals surface area contributed by atoms with E-state index in [0.29, 0.717) is 24.9 Å². The van der Waals surface area contributed by atoms with Crippen LogP contribution in [0.5, 0.6) is 0 Å². The number of halogens is 2. The fraction of sp³-hybridized carbons (Fsp3) is 0.536. The molecule has 6 nitrogen and oxygen atoms in total. The van der Waals surface area contributed by atoms with E-state index in [1.54, 1.807) is 19.1 Å². The Morgan fingerprint density at radius 3 is 2.33 bits per heavy atom. The van der Waals surface area contributed by atoms with Crippen LogP contribution in [-0.2, 0) is 9.53 Å². The molecule has 2 aliphatic rings. The zero-order valence-electron chi connectivity index (χ0n) is 20.7. The van der Waals surface area contributed by atoms with Crippen molar-refractivity contribution >= 4 is 5.97 Å². The molecule has 0 bridgehead atoms. The smallest absolute Gasteiger partial charge is 0.309 e. The molecular formula is C28H34F2N2O4. The summed E-state index contributed by atoms with van der Waals surface area (Å²) in [4.78, 5) is 26.5. The largest absolute Gasteiger partial charge is 0.466 e. The van der Waals surface area contributed by atoms with Gasteiger partial charge in [0.15, 0.2) is 0 Å². The molecule has 4 rings (SSSR count). The standard InChI is InChI=1S/C28H34F2N2O4/c1-2-36-28(33)21-15-16-31(26-6-4-3-5-24(26)19-7-11-22(29)12-8-19)27(17-21)25(18-32(34)35)20-9-13-23(30)14-10-20/h7-14,21,24-27H,2-6,15-18H2,1H3/t21-,24?,25?,26?,27+/m1/s1. The quantitative estimate of drug-likeness (QED) is 0.264. The van der Waals surface area contributed by atoms with Gasteiger partial charge in [-0.2, -0.15) is 0 Å². The number of nitro groups is 1. The van der Waals surface area contributed by atoms with Crippen LogP contribution < -0.4 is 0 Å². The highest BCUT2D eigenvalue weighted by molar-refractivity contribution is 5.72. The molecule has 0 radical (unpaired) electrons. The van der Waals surface area contributed by atoms with Crippen molar-refractivity contribution in [1.29, 1.82) is 0 Å². The normalized spacial score (nSPS) is 25.8. The van der Waals surface area contributed by atoms with Crippen LogP contribution in [0.4, 0.5) is 8.78 Å². The molecule has 0 N–H and O–H groups in total. The van der Waals surface area contributed by atoms with E-state index in [9.17, 15) is 23.7 Å². The van der Waals surface area contributed by atoms with Crippen LogP contribution in [0.3, 0.4) is 0 Å². The molecule has 2 fully saturated rings. The van der Waals surface area contributed by atoms with Crippen LogP contribution in [0.2, 0.25) is 0 Å². The SMILES string of the molecule is CCOC(=O)[C@@H]1CCN(C2CCCCC2c2ccc(F)cc2)[C@H](C(C[N+](=O)[O-])c2ccc(F)cc2)C1. The zero-order chi connectivity index (χ0) is 25.7. The summed E-state index contributed by atoms with van der Waals surface area (Å²) in [6.45, 7) is 2.37. The molecule has 194 valence electrons. The van der Waals surface area contributed by atoms with Gasteiger partial charge >= 0.3 is 5.97 Å². The van der Waals surface area contributed by atoms with Gasteiger partial charge in [0, 0.05) is 17.0 Å². The Balaban J connectivity index is 1.71. The fourth-order valence-corrected chi connectivity index (χ4v) is 6.22. The van der Waals surface area contributed by atoms with E-state index in [1.165, 1.54) is 24.3 Å². The van der Waals surface area contributed by atoms with Crippen molar-refractivity contribution in [1.82, 2.24) is 4.90 Å². The van der Waals surface area contributed by atoms with E-state index in [4.69, 9.17) is 4.74 Å². The number of benzene rings is 2. The van der Waals surface area contributed by atoms with Crippen LogP contribution in [-0.4, -0.2) is 47.6 Å². The summed E-state index contributed by atoms with van der Waals surface area (Å²) in [5.41, 5.74) is 1.77. The van der Waals surface area contributed by atoms with Gasteiger partial charge in [-0.1, -0.05) is 37.1 Å². The lowest BCUT2D eigenvalue weighted by Gasteiger charge is -2.49. The minimum atomic E-state index is -0.506. The Morgan fingerprint density at radius 2 is 1.69 bits per heavy atom. The second-order valence-electron chi connectivity index (χ2n) is 9.96. The number of hydrogen-bond donors (Lipinski definition) is 0. The lowest BCUT2D eigenvalue weighted by molar-refractivity contribution is -0.485. The predicted molar refractivity (Wildman–Crippen MR) is 132 cm³/mol. The van der Waals surface area contributed by atoms with Gasteiger partial charge in [0.1, 0.15) is 11.6 Å². The van der Waals surface area contributed by atoms with E-state index in [2.05, 4.69) is 4.90 Å². The van der Waals surface area contributed by atoms with E-state index in [-0.39, 0.29) is 53.8 Å². The fourth-order valence-electron chi connectivity index (χ4n) is 6.22. The monoisotopic (exact) mass is 500 g/mol. The second kappa shape index (κ2) is 11.9. The predicted octanol–water partition coefficient (Wildman–Crippen LogP) is 5.70. The molecule has 8 heteroatoms. The van der Waals surface area contributed by atoms with Crippen molar-refractivity contribution in [3.05, 3.63) is 81.4 Å². The zero-order valence-corrected chi connectivity index (χ0v) is 20.7. The topological polar surface area (TPSA) is 72.7 Å². The molecule has 0 aromatic heterocycles. The van der Waals surface area contributed by atoms with E-state index < -0.39 is 11.7 Å². The Kier molecular flexibility index (Phi) is 8.67. The third-order valence-corrected chi connectivity index (χ3v) is 7.87. The highest BCUT2D eigenvalue weighted by atomic mass is 19.1. The number of likely N-dealkylation sites (tertiary alicyclic amines) is 1. The maximum atomic E-state index is 13.7. The number of carbonyl (C=O) groups is 1. The van der Waals surface area contributed by atoms with Crippen molar-refractivity contribution in [3.8, 4) is 0 Å².